The number of carbonyl (C=O) groups is 1. The zero-order valence-corrected chi connectivity index (χ0v) is 15.1. The van der Waals surface area contributed by atoms with Gasteiger partial charge in [0.15, 0.2) is 0 Å². The van der Waals surface area contributed by atoms with Gasteiger partial charge in [-0.25, -0.2) is 13.1 Å². The highest BCUT2D eigenvalue weighted by atomic mass is 32.2. The molecule has 2 aliphatic carbocycles. The van der Waals surface area contributed by atoms with Crippen LogP contribution in [0.2, 0.25) is 0 Å². The number of anilines is 1. The third-order valence-corrected chi connectivity index (χ3v) is 7.56. The maximum atomic E-state index is 12.6. The van der Waals surface area contributed by atoms with E-state index in [1.807, 2.05) is 11.9 Å². The Hall–Kier alpha value is -1.89. The molecule has 2 fully saturated rings. The Labute approximate surface area is 148 Å². The van der Waals surface area contributed by atoms with Gasteiger partial charge in [-0.1, -0.05) is 6.42 Å². The van der Waals surface area contributed by atoms with Crippen molar-refractivity contribution < 1.29 is 13.2 Å². The van der Waals surface area contributed by atoms with E-state index >= 15 is 0 Å². The van der Waals surface area contributed by atoms with Crippen molar-refractivity contribution in [3.8, 4) is 0 Å². The summed E-state index contributed by atoms with van der Waals surface area (Å²) >= 11 is 0. The third kappa shape index (κ3) is 3.17. The smallest absolute Gasteiger partial charge is 0.264 e. The van der Waals surface area contributed by atoms with E-state index in [1.54, 1.807) is 24.3 Å². The molecule has 6 nitrogen and oxygen atoms in total. The number of rotatable bonds is 4. The Morgan fingerprint density at radius 2 is 1.96 bits per heavy atom. The second-order valence-corrected chi connectivity index (χ2v) is 9.34. The quantitative estimate of drug-likeness (QED) is 0.894. The van der Waals surface area contributed by atoms with Crippen molar-refractivity contribution in [3.05, 3.63) is 29.8 Å². The van der Waals surface area contributed by atoms with Crippen molar-refractivity contribution in [1.29, 1.82) is 0 Å². The van der Waals surface area contributed by atoms with Crippen molar-refractivity contribution in [2.24, 2.45) is 16.9 Å². The molecule has 0 radical (unpaired) electrons. The lowest BCUT2D eigenvalue weighted by Crippen LogP contribution is -2.40. The van der Waals surface area contributed by atoms with Gasteiger partial charge in [-0.3, -0.25) is 9.80 Å². The summed E-state index contributed by atoms with van der Waals surface area (Å²) in [5.74, 6) is 0.190. The molecule has 1 heterocycles. The minimum absolute atomic E-state index is 0.217. The van der Waals surface area contributed by atoms with Gasteiger partial charge >= 0.3 is 0 Å². The molecular formula is C18H23N3O3S. The lowest BCUT2D eigenvalue weighted by molar-refractivity contribution is 0.0980. The van der Waals surface area contributed by atoms with Crippen molar-refractivity contribution in [2.75, 3.05) is 11.6 Å². The van der Waals surface area contributed by atoms with E-state index < -0.39 is 21.2 Å². The van der Waals surface area contributed by atoms with Gasteiger partial charge in [0.2, 0.25) is 10.0 Å². The maximum Gasteiger partial charge on any atom is 0.264 e. The van der Waals surface area contributed by atoms with Gasteiger partial charge in [0.25, 0.3) is 5.91 Å². The van der Waals surface area contributed by atoms with Crippen molar-refractivity contribution in [1.82, 2.24) is 4.72 Å². The summed E-state index contributed by atoms with van der Waals surface area (Å²) in [4.78, 5) is 12.4. The third-order valence-electron chi connectivity index (χ3n) is 5.71. The number of carbonyl (C=O) groups excluding carboxylic acids is 1. The first kappa shape index (κ1) is 16.6. The van der Waals surface area contributed by atoms with E-state index in [-0.39, 0.29) is 5.92 Å². The predicted octanol–water partition coefficient (Wildman–Crippen LogP) is 2.52. The lowest BCUT2D eigenvalue weighted by Gasteiger charge is -2.22. The highest BCUT2D eigenvalue weighted by Crippen LogP contribution is 2.47. The fraction of sp³-hybridized carbons (Fsp3) is 0.556. The summed E-state index contributed by atoms with van der Waals surface area (Å²) in [6.45, 7) is 2.82. The number of hydrazone groups is 1. The molecule has 1 aromatic carbocycles. The van der Waals surface area contributed by atoms with Crippen LogP contribution in [-0.4, -0.2) is 31.8 Å². The predicted molar refractivity (Wildman–Crippen MR) is 97.1 cm³/mol. The minimum Gasteiger partial charge on any atom is -0.268 e. The van der Waals surface area contributed by atoms with Crippen LogP contribution in [-0.2, 0) is 10.0 Å². The van der Waals surface area contributed by atoms with E-state index in [0.717, 1.165) is 43.6 Å². The van der Waals surface area contributed by atoms with Crippen LogP contribution in [0.3, 0.4) is 0 Å². The maximum absolute atomic E-state index is 12.6. The van der Waals surface area contributed by atoms with Crippen LogP contribution >= 0.6 is 0 Å². The molecule has 4 rings (SSSR count). The average Bonchev–Trinajstić information content (AvgIpc) is 3.31. The number of hydrogen-bond acceptors (Lipinski definition) is 5. The minimum atomic E-state index is -3.60. The molecule has 1 N–H and O–H groups in total. The molecule has 25 heavy (non-hydrogen) atoms. The number of fused-ring (bicyclic) bond motifs is 2. The molecule has 134 valence electrons. The highest BCUT2D eigenvalue weighted by Gasteiger charge is 2.46. The van der Waals surface area contributed by atoms with Crippen LogP contribution in [0.5, 0.6) is 0 Å². The van der Waals surface area contributed by atoms with Gasteiger partial charge in [-0.15, -0.1) is 0 Å². The van der Waals surface area contributed by atoms with Crippen LogP contribution in [0.15, 0.2) is 29.4 Å². The van der Waals surface area contributed by atoms with Crippen LogP contribution < -0.4 is 9.73 Å². The first-order chi connectivity index (χ1) is 11.9. The molecule has 2 bridgehead atoms. The fourth-order valence-electron chi connectivity index (χ4n) is 4.38. The normalized spacial score (nSPS) is 28.3. The molecule has 2 saturated carbocycles. The summed E-state index contributed by atoms with van der Waals surface area (Å²) in [6, 6.07) is 6.93. The van der Waals surface area contributed by atoms with Gasteiger partial charge in [0, 0.05) is 24.2 Å². The SMILES string of the molecule is CC1=NN(c2ccc(C(=O)NS(=O)(=O)C3C[C@@H]4CC[C@H]3C4)cc2)CC1. The Kier molecular flexibility index (Phi) is 4.06. The molecule has 1 unspecified atom stereocenters. The summed E-state index contributed by atoms with van der Waals surface area (Å²) in [7, 11) is -3.60. The summed E-state index contributed by atoms with van der Waals surface area (Å²) in [5.41, 5.74) is 2.35. The second-order valence-electron chi connectivity index (χ2n) is 7.44. The molecular weight excluding hydrogens is 338 g/mol. The Morgan fingerprint density at radius 3 is 2.52 bits per heavy atom. The monoisotopic (exact) mass is 361 g/mol. The fourth-order valence-corrected chi connectivity index (χ4v) is 6.18. The van der Waals surface area contributed by atoms with E-state index in [1.165, 1.54) is 0 Å². The largest absolute Gasteiger partial charge is 0.268 e. The Balaban J connectivity index is 1.44. The summed E-state index contributed by atoms with van der Waals surface area (Å²) < 4.78 is 27.4. The number of sulfonamides is 1. The first-order valence-corrected chi connectivity index (χ1v) is 10.4. The standard InChI is InChI=1S/C18H23N3O3S/c1-12-8-9-21(19-12)16-6-4-14(5-7-16)18(22)20-25(23,24)17-11-13-2-3-15(17)10-13/h4-7,13,15,17H,2-3,8-11H2,1H3,(H,20,22)/t13-,15+,17?/m1/s1. The van der Waals surface area contributed by atoms with Crippen LogP contribution in [0.25, 0.3) is 0 Å². The lowest BCUT2D eigenvalue weighted by atomic mass is 10.0. The van der Waals surface area contributed by atoms with E-state index in [9.17, 15) is 13.2 Å². The van der Waals surface area contributed by atoms with Crippen LogP contribution in [0, 0.1) is 11.8 Å². The highest BCUT2D eigenvalue weighted by molar-refractivity contribution is 7.90. The van der Waals surface area contributed by atoms with Crippen molar-refractivity contribution >= 4 is 27.3 Å². The molecule has 1 amide bonds. The second kappa shape index (κ2) is 6.12. The van der Waals surface area contributed by atoms with E-state index in [2.05, 4.69) is 9.82 Å². The van der Waals surface area contributed by atoms with E-state index in [0.29, 0.717) is 17.9 Å². The molecule has 1 aromatic rings. The molecule has 1 aliphatic heterocycles. The van der Waals surface area contributed by atoms with E-state index in [4.69, 9.17) is 0 Å². The van der Waals surface area contributed by atoms with Gasteiger partial charge in [0.1, 0.15) is 0 Å². The number of nitrogens with one attached hydrogen (secondary N) is 1. The molecule has 0 saturated heterocycles. The summed E-state index contributed by atoms with van der Waals surface area (Å²) in [5, 5.41) is 5.91. The number of amides is 1. The zero-order chi connectivity index (χ0) is 17.6. The molecule has 0 spiro atoms. The van der Waals surface area contributed by atoms with Crippen molar-refractivity contribution in [3.63, 3.8) is 0 Å². The Morgan fingerprint density at radius 1 is 1.20 bits per heavy atom. The topological polar surface area (TPSA) is 78.8 Å². The number of benzene rings is 1. The average molecular weight is 361 g/mol. The molecule has 7 heteroatoms. The Bertz CT molecular complexity index is 816. The molecule has 3 atom stereocenters. The van der Waals surface area contributed by atoms with Crippen LogP contribution in [0.1, 0.15) is 49.4 Å². The molecule has 3 aliphatic rings. The van der Waals surface area contributed by atoms with Gasteiger partial charge in [-0.2, -0.15) is 5.10 Å². The molecule has 0 aromatic heterocycles. The number of nitrogens with zero attached hydrogens (tertiary/aromatic N) is 2. The zero-order valence-electron chi connectivity index (χ0n) is 14.3. The van der Waals surface area contributed by atoms with Crippen LogP contribution in [0.4, 0.5) is 5.69 Å². The van der Waals surface area contributed by atoms with Gasteiger partial charge in [-0.05, 0) is 62.3 Å². The van der Waals surface area contributed by atoms with Crippen molar-refractivity contribution in [2.45, 2.75) is 44.3 Å². The first-order valence-electron chi connectivity index (χ1n) is 8.90. The number of hydrogen-bond donors (Lipinski definition) is 1. The summed E-state index contributed by atoms with van der Waals surface area (Å²) in [6.07, 6.45) is 4.71. The van der Waals surface area contributed by atoms with Gasteiger partial charge in [0.05, 0.1) is 10.9 Å². The van der Waals surface area contributed by atoms with Gasteiger partial charge < -0.3 is 0 Å².